The van der Waals surface area contributed by atoms with Gasteiger partial charge in [0.2, 0.25) is 0 Å². The minimum atomic E-state index is -0.668. The van der Waals surface area contributed by atoms with E-state index in [-0.39, 0.29) is 22.7 Å². The van der Waals surface area contributed by atoms with Gasteiger partial charge in [0.25, 0.3) is 0 Å². The Morgan fingerprint density at radius 2 is 1.48 bits per heavy atom. The number of rotatable bonds is 14. The molecule has 7 atom stereocenters. The summed E-state index contributed by atoms with van der Waals surface area (Å²) in [7, 11) is 0. The summed E-state index contributed by atoms with van der Waals surface area (Å²) in [6.45, 7) is 11.3. The van der Waals surface area contributed by atoms with Gasteiger partial charge in [-0.3, -0.25) is 15.0 Å². The number of pyridine rings is 3. The highest BCUT2D eigenvalue weighted by molar-refractivity contribution is 5.90. The molecule has 62 heavy (non-hydrogen) atoms. The highest BCUT2D eigenvalue weighted by Crippen LogP contribution is 2.60. The van der Waals surface area contributed by atoms with Crippen LogP contribution in [0.25, 0.3) is 0 Å². The molecule has 4 fully saturated rings. The van der Waals surface area contributed by atoms with Gasteiger partial charge in [-0.1, -0.05) is 57.6 Å². The van der Waals surface area contributed by atoms with Crippen molar-refractivity contribution in [1.82, 2.24) is 24.9 Å². The zero-order chi connectivity index (χ0) is 43.3. The zero-order valence-corrected chi connectivity index (χ0v) is 36.0. The largest absolute Gasteiger partial charge is 0.458 e. The topological polar surface area (TPSA) is 146 Å². The van der Waals surface area contributed by atoms with E-state index in [0.717, 1.165) is 74.9 Å². The minimum absolute atomic E-state index is 0.0810. The van der Waals surface area contributed by atoms with Crippen molar-refractivity contribution in [2.24, 2.45) is 23.2 Å². The quantitative estimate of drug-likeness (QED) is 0.0740. The lowest BCUT2D eigenvalue weighted by Crippen LogP contribution is -2.36. The van der Waals surface area contributed by atoms with Crippen LogP contribution in [0.1, 0.15) is 128 Å². The van der Waals surface area contributed by atoms with Gasteiger partial charge in [0.15, 0.2) is 0 Å². The summed E-state index contributed by atoms with van der Waals surface area (Å²) in [4.78, 5) is 60.4. The molecule has 0 aliphatic heterocycles. The lowest BCUT2D eigenvalue weighted by molar-refractivity contribution is 0.00210. The Hall–Kier alpha value is -5.97. The van der Waals surface area contributed by atoms with Crippen LogP contribution in [0.4, 0.5) is 0 Å². The maximum absolute atomic E-state index is 13.5. The van der Waals surface area contributed by atoms with E-state index >= 15 is 0 Å². The third-order valence-corrected chi connectivity index (χ3v) is 13.9. The molecule has 0 unspecified atom stereocenters. The molecular weight excluding hydrogens is 779 g/mol. The standard InChI is InChI=1S/C51H57N5O6/c1-5-7-40-32-55-49(56-40)51(22-23-51)45(62-48(59)38-19-28-54-29-20-38)14-9-33(2)42-12-13-43-35(8-6-21-50(42,43)4)10-11-39-30-41(60-46(57)36-15-24-52-25-16-36)31-44(34(39)3)61-47(58)37-17-26-53-27-18-37/h9-11,14-20,24-29,32-33,41-45H,3,5-8,12-13,21-23,30-31H2,1-2,4H3,(H,55,56)/t33-,41-,42-,43+,44+,45+,50-/m1/s1. The van der Waals surface area contributed by atoms with Gasteiger partial charge in [0.05, 0.1) is 22.1 Å². The number of hydrogen-bond acceptors (Lipinski definition) is 10. The number of aromatic amines is 1. The summed E-state index contributed by atoms with van der Waals surface area (Å²) in [5, 5.41) is 0. The Balaban J connectivity index is 1.01. The number of carbonyl (C=O) groups is 3. The molecule has 1 N–H and O–H groups in total. The first kappa shape index (κ1) is 42.7. The van der Waals surface area contributed by atoms with Crippen LogP contribution in [0, 0.1) is 23.2 Å². The number of esters is 3. The summed E-state index contributed by atoms with van der Waals surface area (Å²) in [6, 6.07) is 9.88. The number of fused-ring (bicyclic) bond motifs is 1. The van der Waals surface area contributed by atoms with Crippen molar-refractivity contribution >= 4 is 17.9 Å². The smallest absolute Gasteiger partial charge is 0.338 e. The molecule has 4 aliphatic carbocycles. The highest BCUT2D eigenvalue weighted by atomic mass is 16.6. The summed E-state index contributed by atoms with van der Waals surface area (Å²) < 4.78 is 18.4. The molecule has 4 saturated carbocycles. The van der Waals surface area contributed by atoms with Gasteiger partial charge in [0.1, 0.15) is 24.1 Å². The number of aryl methyl sites for hydroxylation is 1. The van der Waals surface area contributed by atoms with Gasteiger partial charge < -0.3 is 19.2 Å². The van der Waals surface area contributed by atoms with E-state index in [9.17, 15) is 14.4 Å². The Bertz CT molecular complexity index is 2330. The molecule has 8 rings (SSSR count). The molecule has 0 radical (unpaired) electrons. The Morgan fingerprint density at radius 1 is 0.855 bits per heavy atom. The number of nitrogens with zero attached hydrogens (tertiary/aromatic N) is 4. The van der Waals surface area contributed by atoms with Crippen LogP contribution in [0.3, 0.4) is 0 Å². The maximum atomic E-state index is 13.5. The molecule has 11 heteroatoms. The lowest BCUT2D eigenvalue weighted by Gasteiger charge is -2.44. The van der Waals surface area contributed by atoms with Crippen LogP contribution in [0.15, 0.2) is 127 Å². The minimum Gasteiger partial charge on any atom is -0.458 e. The predicted molar refractivity (Wildman–Crippen MR) is 235 cm³/mol. The van der Waals surface area contributed by atoms with Crippen LogP contribution in [0.5, 0.6) is 0 Å². The van der Waals surface area contributed by atoms with E-state index in [0.29, 0.717) is 46.9 Å². The number of ether oxygens (including phenoxy) is 3. The molecule has 0 aromatic carbocycles. The van der Waals surface area contributed by atoms with E-state index in [4.69, 9.17) is 19.2 Å². The Kier molecular flexibility index (Phi) is 12.8. The second-order valence-corrected chi connectivity index (χ2v) is 17.9. The fourth-order valence-corrected chi connectivity index (χ4v) is 10.4. The van der Waals surface area contributed by atoms with Crippen molar-refractivity contribution in [3.8, 4) is 0 Å². The summed E-state index contributed by atoms with van der Waals surface area (Å²) in [6.07, 6.45) is 28.5. The van der Waals surface area contributed by atoms with E-state index in [1.807, 2.05) is 6.20 Å². The predicted octanol–water partition coefficient (Wildman–Crippen LogP) is 9.87. The number of allylic oxidation sites excluding steroid dienone is 4. The molecule has 4 aliphatic rings. The molecule has 4 aromatic heterocycles. The first-order valence-corrected chi connectivity index (χ1v) is 22.2. The molecule has 0 saturated heterocycles. The molecule has 4 aromatic rings. The second kappa shape index (κ2) is 18.6. The molecule has 4 heterocycles. The average molecular weight is 836 g/mol. The number of aromatic nitrogens is 5. The average Bonchev–Trinajstić information content (AvgIpc) is 3.82. The van der Waals surface area contributed by atoms with Crippen molar-refractivity contribution in [2.45, 2.75) is 115 Å². The first-order chi connectivity index (χ1) is 30.1. The molecule has 0 bridgehead atoms. The summed E-state index contributed by atoms with van der Waals surface area (Å²) in [5.41, 5.74) is 5.13. The maximum Gasteiger partial charge on any atom is 0.338 e. The number of H-pyrrole nitrogens is 1. The van der Waals surface area contributed by atoms with Gasteiger partial charge in [-0.05, 0) is 128 Å². The van der Waals surface area contributed by atoms with E-state index < -0.39 is 30.3 Å². The molecule has 322 valence electrons. The van der Waals surface area contributed by atoms with E-state index in [1.54, 1.807) is 73.6 Å². The van der Waals surface area contributed by atoms with Gasteiger partial charge in [-0.2, -0.15) is 0 Å². The van der Waals surface area contributed by atoms with Crippen molar-refractivity contribution in [3.05, 3.63) is 156 Å². The zero-order valence-electron chi connectivity index (χ0n) is 36.0. The van der Waals surface area contributed by atoms with Crippen molar-refractivity contribution in [3.63, 3.8) is 0 Å². The summed E-state index contributed by atoms with van der Waals surface area (Å²) in [5.74, 6) is 0.699. The van der Waals surface area contributed by atoms with E-state index in [2.05, 4.69) is 71.6 Å². The van der Waals surface area contributed by atoms with Crippen LogP contribution < -0.4 is 0 Å². The van der Waals surface area contributed by atoms with Gasteiger partial charge in [-0.15, -0.1) is 0 Å². The molecular formula is C51H57N5O6. The van der Waals surface area contributed by atoms with Crippen molar-refractivity contribution in [1.29, 1.82) is 0 Å². The highest BCUT2D eigenvalue weighted by Gasteiger charge is 2.55. The number of imidazole rings is 1. The third-order valence-electron chi connectivity index (χ3n) is 13.9. The molecule has 11 nitrogen and oxygen atoms in total. The Labute approximate surface area is 364 Å². The van der Waals surface area contributed by atoms with Crippen molar-refractivity contribution < 1.29 is 28.6 Å². The molecule has 0 amide bonds. The SMILES string of the molecule is C=C1C(=CC=C2CCC[C@]3(C)[C@@H]([C@H](C)C=C[C@H](OC(=O)c4ccncc4)C4(c5ncc(CCC)[nH]5)CC4)CC[C@@H]23)C[C@@H](OC(=O)c2ccncc2)C[C@@H]1OC(=O)c1ccncc1. The van der Waals surface area contributed by atoms with Gasteiger partial charge in [0, 0.05) is 61.9 Å². The van der Waals surface area contributed by atoms with Crippen LogP contribution >= 0.6 is 0 Å². The van der Waals surface area contributed by atoms with Crippen LogP contribution in [-0.2, 0) is 26.0 Å². The number of nitrogens with one attached hydrogen (secondary N) is 1. The number of hydrogen-bond donors (Lipinski definition) is 1. The molecule has 0 spiro atoms. The lowest BCUT2D eigenvalue weighted by atomic mass is 9.61. The Morgan fingerprint density at radius 3 is 2.11 bits per heavy atom. The summed E-state index contributed by atoms with van der Waals surface area (Å²) >= 11 is 0. The fraction of sp³-hybridized carbons (Fsp3) is 0.431. The monoisotopic (exact) mass is 835 g/mol. The normalized spacial score (nSPS) is 26.5. The number of carbonyl (C=O) groups excluding carboxylic acids is 3. The van der Waals surface area contributed by atoms with Gasteiger partial charge in [-0.25, -0.2) is 19.4 Å². The van der Waals surface area contributed by atoms with Crippen LogP contribution in [0.2, 0.25) is 0 Å². The second-order valence-electron chi connectivity index (χ2n) is 17.9. The van der Waals surface area contributed by atoms with E-state index in [1.165, 1.54) is 5.57 Å². The first-order valence-electron chi connectivity index (χ1n) is 22.2. The van der Waals surface area contributed by atoms with Crippen molar-refractivity contribution in [2.75, 3.05) is 0 Å². The van der Waals surface area contributed by atoms with Crippen LogP contribution in [-0.4, -0.2) is 61.1 Å². The fourth-order valence-electron chi connectivity index (χ4n) is 10.4. The van der Waals surface area contributed by atoms with Gasteiger partial charge >= 0.3 is 17.9 Å². The third kappa shape index (κ3) is 9.13.